The van der Waals surface area contributed by atoms with Gasteiger partial charge in [0.15, 0.2) is 13.3 Å². The van der Waals surface area contributed by atoms with Gasteiger partial charge in [0.2, 0.25) is 0 Å². The summed E-state index contributed by atoms with van der Waals surface area (Å²) >= 11 is 0. The van der Waals surface area contributed by atoms with Crippen LogP contribution in [0.3, 0.4) is 0 Å². The molecule has 8 heteroatoms. The first-order valence-electron chi connectivity index (χ1n) is 8.45. The Kier molecular flexibility index (Phi) is 8.81. The van der Waals surface area contributed by atoms with Gasteiger partial charge in [-0.3, -0.25) is 0 Å². The van der Waals surface area contributed by atoms with Gasteiger partial charge in [0, 0.05) is 12.1 Å². The minimum absolute atomic E-state index is 0. The third-order valence-corrected chi connectivity index (χ3v) is 4.15. The van der Waals surface area contributed by atoms with Crippen molar-refractivity contribution in [1.29, 1.82) is 0 Å². The van der Waals surface area contributed by atoms with Crippen LogP contribution in [0.5, 0.6) is 0 Å². The Balaban J connectivity index is 0.00000364. The van der Waals surface area contributed by atoms with Crippen LogP contribution in [0.2, 0.25) is 0 Å². The van der Waals surface area contributed by atoms with E-state index in [1.165, 1.54) is 16.7 Å². The Bertz CT molecular complexity index is 775. The maximum Gasteiger partial charge on any atom is 0.510 e. The Morgan fingerprint density at radius 3 is 2.63 bits per heavy atom. The lowest BCUT2D eigenvalue weighted by Crippen LogP contribution is -2.18. The highest BCUT2D eigenvalue weighted by molar-refractivity contribution is 5.85. The molecule has 0 fully saturated rings. The molecule has 7 nitrogen and oxygen atoms in total. The Morgan fingerprint density at radius 1 is 1.19 bits per heavy atom. The van der Waals surface area contributed by atoms with Gasteiger partial charge in [0.05, 0.1) is 18.6 Å². The standard InChI is InChI=1S/C19H24N2O5.ClH/c1-5-24-18(22)10-25-19(23)26-12-21-9-17(20-11-21)15(4)16-8-6-7-13(2)14(16)3;/h6-9,11,15H,5,10,12H2,1-4H3;1H/t15-;/m0./s1. The molecular formula is C19H25ClN2O5. The van der Waals surface area contributed by atoms with E-state index in [0.717, 1.165) is 5.69 Å². The van der Waals surface area contributed by atoms with Crippen LogP contribution in [-0.2, 0) is 25.7 Å². The van der Waals surface area contributed by atoms with E-state index in [9.17, 15) is 9.59 Å². The predicted molar refractivity (Wildman–Crippen MR) is 102 cm³/mol. The minimum Gasteiger partial charge on any atom is -0.463 e. The van der Waals surface area contributed by atoms with Gasteiger partial charge >= 0.3 is 12.1 Å². The van der Waals surface area contributed by atoms with Crippen molar-refractivity contribution in [3.05, 3.63) is 53.1 Å². The van der Waals surface area contributed by atoms with E-state index >= 15 is 0 Å². The van der Waals surface area contributed by atoms with E-state index in [4.69, 9.17) is 4.74 Å². The smallest absolute Gasteiger partial charge is 0.463 e. The average molecular weight is 397 g/mol. The number of imidazole rings is 1. The summed E-state index contributed by atoms with van der Waals surface area (Å²) in [5.74, 6) is -0.497. The molecule has 2 rings (SSSR count). The first-order valence-corrected chi connectivity index (χ1v) is 8.45. The lowest BCUT2D eigenvalue weighted by molar-refractivity contribution is -0.147. The van der Waals surface area contributed by atoms with Crippen molar-refractivity contribution in [2.45, 2.75) is 40.3 Å². The molecule has 0 aliphatic rings. The number of carbonyl (C=O) groups is 2. The van der Waals surface area contributed by atoms with Crippen LogP contribution in [0.4, 0.5) is 4.79 Å². The summed E-state index contributed by atoms with van der Waals surface area (Å²) in [7, 11) is 0. The second-order valence-electron chi connectivity index (χ2n) is 5.94. The Labute approximate surface area is 165 Å². The number of rotatable bonds is 7. The highest BCUT2D eigenvalue weighted by atomic mass is 35.5. The van der Waals surface area contributed by atoms with Crippen LogP contribution >= 0.6 is 12.4 Å². The molecule has 1 aromatic carbocycles. The summed E-state index contributed by atoms with van der Waals surface area (Å²) < 4.78 is 15.9. The van der Waals surface area contributed by atoms with Crippen molar-refractivity contribution in [1.82, 2.24) is 9.55 Å². The van der Waals surface area contributed by atoms with Crippen LogP contribution in [0.15, 0.2) is 30.7 Å². The summed E-state index contributed by atoms with van der Waals surface area (Å²) in [6, 6.07) is 6.21. The van der Waals surface area contributed by atoms with E-state index < -0.39 is 18.7 Å². The number of benzene rings is 1. The van der Waals surface area contributed by atoms with Gasteiger partial charge in [-0.2, -0.15) is 0 Å². The highest BCUT2D eigenvalue weighted by Crippen LogP contribution is 2.27. The molecule has 0 bridgehead atoms. The molecule has 1 heterocycles. The molecule has 2 aromatic rings. The SMILES string of the molecule is CCOC(=O)COC(=O)OCn1cnc([C@@H](C)c2cccc(C)c2C)c1.Cl. The lowest BCUT2D eigenvalue weighted by atomic mass is 9.92. The molecule has 0 N–H and O–H groups in total. The summed E-state index contributed by atoms with van der Waals surface area (Å²) in [4.78, 5) is 27.0. The van der Waals surface area contributed by atoms with Crippen molar-refractivity contribution in [2.24, 2.45) is 0 Å². The molecular weight excluding hydrogens is 372 g/mol. The zero-order valence-corrected chi connectivity index (χ0v) is 16.7. The van der Waals surface area contributed by atoms with E-state index in [0.29, 0.717) is 0 Å². The fourth-order valence-electron chi connectivity index (χ4n) is 2.56. The molecule has 0 saturated heterocycles. The number of carbonyl (C=O) groups excluding carboxylic acids is 2. The van der Waals surface area contributed by atoms with Crippen LogP contribution < -0.4 is 0 Å². The van der Waals surface area contributed by atoms with Crippen molar-refractivity contribution in [3.63, 3.8) is 0 Å². The third kappa shape index (κ3) is 6.29. The number of ether oxygens (including phenoxy) is 3. The number of hydrogen-bond donors (Lipinski definition) is 0. The van der Waals surface area contributed by atoms with Gasteiger partial charge in [0.1, 0.15) is 0 Å². The second kappa shape index (κ2) is 10.6. The van der Waals surface area contributed by atoms with Crippen LogP contribution in [0.1, 0.15) is 42.1 Å². The number of nitrogens with zero attached hydrogens (tertiary/aromatic N) is 2. The molecule has 0 saturated carbocycles. The largest absolute Gasteiger partial charge is 0.510 e. The maximum absolute atomic E-state index is 11.5. The van der Waals surface area contributed by atoms with Gasteiger partial charge in [-0.05, 0) is 37.5 Å². The van der Waals surface area contributed by atoms with Crippen molar-refractivity contribution < 1.29 is 23.8 Å². The van der Waals surface area contributed by atoms with E-state index in [1.807, 2.05) is 12.3 Å². The van der Waals surface area contributed by atoms with Gasteiger partial charge in [-0.25, -0.2) is 14.6 Å². The van der Waals surface area contributed by atoms with E-state index in [1.54, 1.807) is 17.8 Å². The Morgan fingerprint density at radius 2 is 1.93 bits per heavy atom. The Hall–Kier alpha value is -2.54. The first kappa shape index (κ1) is 22.5. The fourth-order valence-corrected chi connectivity index (χ4v) is 2.56. The topological polar surface area (TPSA) is 79.6 Å². The normalized spacial score (nSPS) is 11.3. The van der Waals surface area contributed by atoms with Gasteiger partial charge in [-0.15, -0.1) is 12.4 Å². The molecule has 0 spiro atoms. The maximum atomic E-state index is 11.5. The van der Waals surface area contributed by atoms with Crippen molar-refractivity contribution in [3.8, 4) is 0 Å². The summed E-state index contributed by atoms with van der Waals surface area (Å²) in [5, 5.41) is 0. The molecule has 0 aliphatic carbocycles. The van der Waals surface area contributed by atoms with Crippen molar-refractivity contribution in [2.75, 3.05) is 13.2 Å². The zero-order valence-electron chi connectivity index (χ0n) is 15.9. The number of aromatic nitrogens is 2. The quantitative estimate of drug-likeness (QED) is 0.663. The molecule has 0 aliphatic heterocycles. The van der Waals surface area contributed by atoms with Gasteiger partial charge < -0.3 is 18.8 Å². The van der Waals surface area contributed by atoms with Crippen molar-refractivity contribution >= 4 is 24.5 Å². The minimum atomic E-state index is -0.934. The van der Waals surface area contributed by atoms with Gasteiger partial charge in [0.25, 0.3) is 0 Å². The second-order valence-corrected chi connectivity index (χ2v) is 5.94. The molecule has 0 radical (unpaired) electrons. The van der Waals surface area contributed by atoms with Crippen LogP contribution in [0, 0.1) is 13.8 Å². The summed E-state index contributed by atoms with van der Waals surface area (Å²) in [5.41, 5.74) is 4.57. The molecule has 148 valence electrons. The molecule has 0 unspecified atom stereocenters. The first-order chi connectivity index (χ1) is 12.4. The predicted octanol–water partition coefficient (Wildman–Crippen LogP) is 3.75. The van der Waals surface area contributed by atoms with Crippen LogP contribution in [0.25, 0.3) is 0 Å². The monoisotopic (exact) mass is 396 g/mol. The number of esters is 1. The van der Waals surface area contributed by atoms with Gasteiger partial charge in [-0.1, -0.05) is 25.1 Å². The molecule has 1 aromatic heterocycles. The molecule has 27 heavy (non-hydrogen) atoms. The number of hydrogen-bond acceptors (Lipinski definition) is 6. The number of halogens is 1. The lowest BCUT2D eigenvalue weighted by Gasteiger charge is -2.14. The van der Waals surface area contributed by atoms with E-state index in [2.05, 4.69) is 47.4 Å². The molecule has 0 amide bonds. The molecule has 1 atom stereocenters. The van der Waals surface area contributed by atoms with E-state index in [-0.39, 0.29) is 31.7 Å². The third-order valence-electron chi connectivity index (χ3n) is 4.15. The fraction of sp³-hybridized carbons (Fsp3) is 0.421. The summed E-state index contributed by atoms with van der Waals surface area (Å²) in [6.07, 6.45) is 2.48. The summed E-state index contributed by atoms with van der Waals surface area (Å²) in [6.45, 7) is 7.66. The zero-order chi connectivity index (χ0) is 19.1. The average Bonchev–Trinajstić information content (AvgIpc) is 3.09. The highest BCUT2D eigenvalue weighted by Gasteiger charge is 2.15. The number of aryl methyl sites for hydroxylation is 1. The van der Waals surface area contributed by atoms with Crippen LogP contribution in [-0.4, -0.2) is 34.9 Å².